The van der Waals surface area contributed by atoms with Gasteiger partial charge in [-0.2, -0.15) is 5.10 Å². The van der Waals surface area contributed by atoms with Crippen molar-refractivity contribution in [2.45, 2.75) is 18.9 Å². The molecule has 1 aliphatic rings. The molecule has 5 rings (SSSR count). The van der Waals surface area contributed by atoms with Gasteiger partial charge in [0.15, 0.2) is 17.3 Å². The quantitative estimate of drug-likeness (QED) is 0.568. The SMILES string of the molecule is c1cncc(Cn2ccc3ncc(Nc4cc([C@H]5CCOC5)[nH]n4)nc32)c1. The van der Waals surface area contributed by atoms with E-state index < -0.39 is 0 Å². The molecule has 8 heteroatoms. The molecule has 8 nitrogen and oxygen atoms in total. The van der Waals surface area contributed by atoms with Crippen LogP contribution in [0.25, 0.3) is 11.2 Å². The fourth-order valence-corrected chi connectivity index (χ4v) is 3.35. The fourth-order valence-electron chi connectivity index (χ4n) is 3.35. The number of ether oxygens (including phenoxy) is 1. The monoisotopic (exact) mass is 361 g/mol. The average Bonchev–Trinajstić information content (AvgIpc) is 3.44. The molecule has 136 valence electrons. The van der Waals surface area contributed by atoms with Crippen LogP contribution in [-0.2, 0) is 11.3 Å². The zero-order valence-corrected chi connectivity index (χ0v) is 14.7. The number of pyridine rings is 1. The lowest BCUT2D eigenvalue weighted by Gasteiger charge is -2.06. The highest BCUT2D eigenvalue weighted by Crippen LogP contribution is 2.26. The van der Waals surface area contributed by atoms with E-state index in [2.05, 4.69) is 30.0 Å². The molecule has 1 atom stereocenters. The highest BCUT2D eigenvalue weighted by molar-refractivity contribution is 5.73. The summed E-state index contributed by atoms with van der Waals surface area (Å²) in [6.07, 6.45) is 8.38. The Hall–Kier alpha value is -3.26. The summed E-state index contributed by atoms with van der Waals surface area (Å²) in [5.41, 5.74) is 3.88. The molecule has 0 spiro atoms. The predicted octanol–water partition coefficient (Wildman–Crippen LogP) is 2.85. The predicted molar refractivity (Wildman–Crippen MR) is 101 cm³/mol. The van der Waals surface area contributed by atoms with Gasteiger partial charge in [0.25, 0.3) is 0 Å². The maximum absolute atomic E-state index is 5.44. The van der Waals surface area contributed by atoms with E-state index in [0.29, 0.717) is 18.3 Å². The third kappa shape index (κ3) is 3.26. The van der Waals surface area contributed by atoms with Crippen molar-refractivity contribution in [3.8, 4) is 0 Å². The maximum Gasteiger partial charge on any atom is 0.161 e. The minimum absolute atomic E-state index is 0.387. The molecule has 2 N–H and O–H groups in total. The molecule has 0 bridgehead atoms. The van der Waals surface area contributed by atoms with E-state index in [1.807, 2.05) is 36.7 Å². The number of nitrogens with one attached hydrogen (secondary N) is 2. The van der Waals surface area contributed by atoms with E-state index in [9.17, 15) is 0 Å². The summed E-state index contributed by atoms with van der Waals surface area (Å²) in [5.74, 6) is 1.78. The van der Waals surface area contributed by atoms with Crippen molar-refractivity contribution in [1.82, 2.24) is 29.7 Å². The van der Waals surface area contributed by atoms with Gasteiger partial charge in [-0.25, -0.2) is 9.97 Å². The van der Waals surface area contributed by atoms with Gasteiger partial charge >= 0.3 is 0 Å². The fraction of sp³-hybridized carbons (Fsp3) is 0.263. The first-order valence-electron chi connectivity index (χ1n) is 8.96. The molecule has 4 aromatic heterocycles. The van der Waals surface area contributed by atoms with Crippen molar-refractivity contribution in [1.29, 1.82) is 0 Å². The van der Waals surface area contributed by atoms with Crippen LogP contribution in [0.15, 0.2) is 49.1 Å². The number of H-pyrrole nitrogens is 1. The molecule has 0 aromatic carbocycles. The number of hydrogen-bond donors (Lipinski definition) is 2. The minimum Gasteiger partial charge on any atom is -0.381 e. The number of aromatic nitrogens is 6. The normalized spacial score (nSPS) is 16.8. The van der Waals surface area contributed by atoms with Gasteiger partial charge in [-0.3, -0.25) is 10.1 Å². The third-order valence-corrected chi connectivity index (χ3v) is 4.76. The van der Waals surface area contributed by atoms with Gasteiger partial charge in [-0.15, -0.1) is 0 Å². The zero-order valence-electron chi connectivity index (χ0n) is 14.7. The lowest BCUT2D eigenvalue weighted by molar-refractivity contribution is 0.193. The van der Waals surface area contributed by atoms with E-state index in [1.54, 1.807) is 12.4 Å². The van der Waals surface area contributed by atoms with Crippen molar-refractivity contribution in [3.63, 3.8) is 0 Å². The Morgan fingerprint density at radius 1 is 1.26 bits per heavy atom. The highest BCUT2D eigenvalue weighted by atomic mass is 16.5. The summed E-state index contributed by atoms with van der Waals surface area (Å²) in [7, 11) is 0. The number of aromatic amines is 1. The average molecular weight is 361 g/mol. The molecule has 1 saturated heterocycles. The summed E-state index contributed by atoms with van der Waals surface area (Å²) in [4.78, 5) is 13.4. The summed E-state index contributed by atoms with van der Waals surface area (Å²) in [5, 5.41) is 10.7. The first-order chi connectivity index (χ1) is 13.3. The summed E-state index contributed by atoms with van der Waals surface area (Å²) < 4.78 is 7.51. The molecule has 0 unspecified atom stereocenters. The van der Waals surface area contributed by atoms with Crippen molar-refractivity contribution in [2.24, 2.45) is 0 Å². The van der Waals surface area contributed by atoms with Crippen LogP contribution in [0.5, 0.6) is 0 Å². The largest absolute Gasteiger partial charge is 0.381 e. The second-order valence-electron chi connectivity index (χ2n) is 6.66. The van der Waals surface area contributed by atoms with Crippen LogP contribution >= 0.6 is 0 Å². The molecule has 1 fully saturated rings. The van der Waals surface area contributed by atoms with Gasteiger partial charge in [-0.1, -0.05) is 6.07 Å². The topological polar surface area (TPSA) is 93.5 Å². The Bertz CT molecular complexity index is 1050. The van der Waals surface area contributed by atoms with Crippen LogP contribution in [0.3, 0.4) is 0 Å². The highest BCUT2D eigenvalue weighted by Gasteiger charge is 2.20. The Labute approximate surface area is 155 Å². The van der Waals surface area contributed by atoms with Crippen LogP contribution in [-0.4, -0.2) is 42.9 Å². The van der Waals surface area contributed by atoms with Crippen molar-refractivity contribution in [3.05, 3.63) is 60.3 Å². The van der Waals surface area contributed by atoms with Gasteiger partial charge in [0.2, 0.25) is 0 Å². The standard InChI is InChI=1S/C19H19N7O/c1-2-13(9-20-5-1)11-26-6-3-15-19(26)23-18(10-21-15)22-17-8-16(24-25-17)14-4-7-27-12-14/h1-3,5-6,8-10,14H,4,7,11-12H2,(H2,22,23,24,25)/t14-/m0/s1. The molecule has 0 saturated carbocycles. The van der Waals surface area contributed by atoms with Crippen LogP contribution in [0.1, 0.15) is 23.6 Å². The van der Waals surface area contributed by atoms with Crippen LogP contribution in [0.4, 0.5) is 11.6 Å². The smallest absolute Gasteiger partial charge is 0.161 e. The van der Waals surface area contributed by atoms with Gasteiger partial charge < -0.3 is 14.6 Å². The molecule has 27 heavy (non-hydrogen) atoms. The number of nitrogens with zero attached hydrogens (tertiary/aromatic N) is 5. The van der Waals surface area contributed by atoms with Gasteiger partial charge in [0.1, 0.15) is 5.52 Å². The molecule has 0 aliphatic carbocycles. The summed E-state index contributed by atoms with van der Waals surface area (Å²) in [6, 6.07) is 7.96. The Balaban J connectivity index is 1.38. The molecule has 0 amide bonds. The second-order valence-corrected chi connectivity index (χ2v) is 6.66. The zero-order chi connectivity index (χ0) is 18.1. The molecule has 5 heterocycles. The maximum atomic E-state index is 5.44. The second kappa shape index (κ2) is 6.81. The minimum atomic E-state index is 0.387. The van der Waals surface area contributed by atoms with E-state index in [1.165, 1.54) is 0 Å². The number of hydrogen-bond acceptors (Lipinski definition) is 6. The van der Waals surface area contributed by atoms with Crippen LogP contribution in [0, 0.1) is 0 Å². The molecule has 4 aromatic rings. The van der Waals surface area contributed by atoms with Gasteiger partial charge in [0.05, 0.1) is 19.3 Å². The van der Waals surface area contributed by atoms with E-state index in [4.69, 9.17) is 9.72 Å². The van der Waals surface area contributed by atoms with Crippen LogP contribution in [0.2, 0.25) is 0 Å². The molecule has 0 radical (unpaired) electrons. The lowest BCUT2D eigenvalue weighted by atomic mass is 10.1. The Morgan fingerprint density at radius 2 is 2.26 bits per heavy atom. The summed E-state index contributed by atoms with van der Waals surface area (Å²) in [6.45, 7) is 2.25. The van der Waals surface area contributed by atoms with E-state index in [0.717, 1.165) is 47.9 Å². The van der Waals surface area contributed by atoms with E-state index in [-0.39, 0.29) is 0 Å². The number of anilines is 2. The number of rotatable bonds is 5. The first kappa shape index (κ1) is 16.0. The van der Waals surface area contributed by atoms with Gasteiger partial charge in [-0.05, 0) is 24.1 Å². The molecule has 1 aliphatic heterocycles. The third-order valence-electron chi connectivity index (χ3n) is 4.76. The Kier molecular flexibility index (Phi) is 4.02. The number of fused-ring (bicyclic) bond motifs is 1. The van der Waals surface area contributed by atoms with Crippen molar-refractivity contribution >= 4 is 22.8 Å². The molecular weight excluding hydrogens is 342 g/mol. The lowest BCUT2D eigenvalue weighted by Crippen LogP contribution is -2.02. The van der Waals surface area contributed by atoms with Crippen molar-refractivity contribution in [2.75, 3.05) is 18.5 Å². The Morgan fingerprint density at radius 3 is 3.11 bits per heavy atom. The van der Waals surface area contributed by atoms with Crippen molar-refractivity contribution < 1.29 is 4.74 Å². The summed E-state index contributed by atoms with van der Waals surface area (Å²) >= 11 is 0. The first-order valence-corrected chi connectivity index (χ1v) is 8.96. The van der Waals surface area contributed by atoms with Gasteiger partial charge in [0, 0.05) is 42.9 Å². The van der Waals surface area contributed by atoms with E-state index >= 15 is 0 Å². The van der Waals surface area contributed by atoms with Crippen LogP contribution < -0.4 is 5.32 Å². The molecular formula is C19H19N7O.